The Kier molecular flexibility index (Phi) is 3.15. The van der Waals surface area contributed by atoms with E-state index in [0.29, 0.717) is 5.92 Å². The fourth-order valence-corrected chi connectivity index (χ4v) is 2.73. The quantitative estimate of drug-likeness (QED) is 0.898. The van der Waals surface area contributed by atoms with Crippen molar-refractivity contribution >= 4 is 0 Å². The lowest BCUT2D eigenvalue weighted by molar-refractivity contribution is 0.107. The van der Waals surface area contributed by atoms with Gasteiger partial charge in [-0.15, -0.1) is 0 Å². The van der Waals surface area contributed by atoms with E-state index in [1.807, 2.05) is 47.3 Å². The summed E-state index contributed by atoms with van der Waals surface area (Å²) < 4.78 is 1.83. The van der Waals surface area contributed by atoms with Gasteiger partial charge in [-0.2, -0.15) is 5.10 Å². The first-order chi connectivity index (χ1) is 8.84. The third-order valence-electron chi connectivity index (χ3n) is 3.78. The maximum atomic E-state index is 10.3. The summed E-state index contributed by atoms with van der Waals surface area (Å²) in [6.45, 7) is 0. The van der Waals surface area contributed by atoms with Crippen LogP contribution in [0.1, 0.15) is 37.5 Å². The van der Waals surface area contributed by atoms with E-state index in [0.717, 1.165) is 24.2 Å². The maximum Gasteiger partial charge on any atom is 0.101 e. The predicted octanol–water partition coefficient (Wildman–Crippen LogP) is 3.10. The van der Waals surface area contributed by atoms with Gasteiger partial charge in [-0.3, -0.25) is 0 Å². The van der Waals surface area contributed by atoms with Crippen LogP contribution < -0.4 is 0 Å². The van der Waals surface area contributed by atoms with Crippen LogP contribution in [-0.4, -0.2) is 14.9 Å². The minimum Gasteiger partial charge on any atom is -0.386 e. The zero-order valence-corrected chi connectivity index (χ0v) is 10.4. The van der Waals surface area contributed by atoms with Gasteiger partial charge in [0.05, 0.1) is 11.4 Å². The highest BCUT2D eigenvalue weighted by atomic mass is 16.3. The Labute approximate surface area is 107 Å². The molecular weight excluding hydrogens is 224 g/mol. The molecule has 0 saturated heterocycles. The second-order valence-corrected chi connectivity index (χ2v) is 5.01. The predicted molar refractivity (Wildman–Crippen MR) is 70.5 cm³/mol. The molecule has 3 nitrogen and oxygen atoms in total. The molecule has 1 aromatic carbocycles. The molecule has 0 radical (unpaired) electrons. The Hall–Kier alpha value is -1.61. The van der Waals surface area contributed by atoms with Crippen LogP contribution in [0.25, 0.3) is 5.69 Å². The van der Waals surface area contributed by atoms with Crippen molar-refractivity contribution in [3.63, 3.8) is 0 Å². The molecule has 2 aromatic rings. The van der Waals surface area contributed by atoms with Crippen LogP contribution in [-0.2, 0) is 0 Å². The number of aromatic nitrogens is 2. The number of aliphatic hydroxyl groups excluding tert-OH is 1. The molecular formula is C15H18N2O. The summed E-state index contributed by atoms with van der Waals surface area (Å²) in [7, 11) is 0. The molecule has 18 heavy (non-hydrogen) atoms. The largest absolute Gasteiger partial charge is 0.386 e. The lowest BCUT2D eigenvalue weighted by atomic mass is 9.99. The smallest absolute Gasteiger partial charge is 0.101 e. The van der Waals surface area contributed by atoms with Crippen molar-refractivity contribution in [1.82, 2.24) is 9.78 Å². The van der Waals surface area contributed by atoms with Gasteiger partial charge >= 0.3 is 0 Å². The molecule has 1 aliphatic rings. The lowest BCUT2D eigenvalue weighted by Crippen LogP contribution is -2.10. The van der Waals surface area contributed by atoms with Crippen molar-refractivity contribution in [1.29, 1.82) is 0 Å². The van der Waals surface area contributed by atoms with Crippen molar-refractivity contribution in [2.75, 3.05) is 0 Å². The summed E-state index contributed by atoms with van der Waals surface area (Å²) in [5.41, 5.74) is 1.83. The standard InChI is InChI=1S/C15H18N2O/c18-15(12-6-4-5-7-12)14-10-11-17(16-14)13-8-2-1-3-9-13/h1-3,8-12,15,18H,4-7H2. The molecule has 1 N–H and O–H groups in total. The highest BCUT2D eigenvalue weighted by Gasteiger charge is 2.26. The summed E-state index contributed by atoms with van der Waals surface area (Å²) in [5.74, 6) is 0.393. The second-order valence-electron chi connectivity index (χ2n) is 5.01. The Balaban J connectivity index is 1.81. The van der Waals surface area contributed by atoms with Crippen molar-refractivity contribution < 1.29 is 5.11 Å². The van der Waals surface area contributed by atoms with Gasteiger partial charge in [-0.25, -0.2) is 4.68 Å². The van der Waals surface area contributed by atoms with E-state index in [9.17, 15) is 5.11 Å². The van der Waals surface area contributed by atoms with Crippen LogP contribution >= 0.6 is 0 Å². The first-order valence-electron chi connectivity index (χ1n) is 6.63. The van der Waals surface area contributed by atoms with Crippen LogP contribution in [0, 0.1) is 5.92 Å². The molecule has 3 heteroatoms. The zero-order chi connectivity index (χ0) is 12.4. The molecule has 94 valence electrons. The number of rotatable bonds is 3. The zero-order valence-electron chi connectivity index (χ0n) is 10.4. The molecule has 1 heterocycles. The third-order valence-corrected chi connectivity index (χ3v) is 3.78. The Morgan fingerprint density at radius 3 is 2.56 bits per heavy atom. The number of para-hydroxylation sites is 1. The second kappa shape index (κ2) is 4.94. The van der Waals surface area contributed by atoms with E-state index in [4.69, 9.17) is 0 Å². The minimum absolute atomic E-state index is 0.393. The minimum atomic E-state index is -0.405. The van der Waals surface area contributed by atoms with Crippen LogP contribution in [0.15, 0.2) is 42.6 Å². The van der Waals surface area contributed by atoms with E-state index < -0.39 is 6.10 Å². The SMILES string of the molecule is OC(c1ccn(-c2ccccc2)n1)C1CCCC1. The van der Waals surface area contributed by atoms with Crippen molar-refractivity contribution in [3.8, 4) is 5.69 Å². The van der Waals surface area contributed by atoms with E-state index >= 15 is 0 Å². The highest BCUT2D eigenvalue weighted by molar-refractivity contribution is 5.30. The molecule has 3 rings (SSSR count). The van der Waals surface area contributed by atoms with E-state index in [2.05, 4.69) is 5.10 Å². The summed E-state index contributed by atoms with van der Waals surface area (Å²) in [5, 5.41) is 14.8. The molecule has 1 saturated carbocycles. The van der Waals surface area contributed by atoms with Gasteiger partial charge in [-0.1, -0.05) is 31.0 Å². The van der Waals surface area contributed by atoms with Gasteiger partial charge < -0.3 is 5.11 Å². The van der Waals surface area contributed by atoms with Gasteiger partial charge in [0.15, 0.2) is 0 Å². The van der Waals surface area contributed by atoms with Gasteiger partial charge in [-0.05, 0) is 37.0 Å². The van der Waals surface area contributed by atoms with E-state index in [-0.39, 0.29) is 0 Å². The Morgan fingerprint density at radius 2 is 1.83 bits per heavy atom. The van der Waals surface area contributed by atoms with Gasteiger partial charge in [0, 0.05) is 6.20 Å². The molecule has 1 aromatic heterocycles. The van der Waals surface area contributed by atoms with Crippen LogP contribution in [0.4, 0.5) is 0 Å². The van der Waals surface area contributed by atoms with E-state index in [1.165, 1.54) is 12.8 Å². The Bertz CT molecular complexity index is 500. The maximum absolute atomic E-state index is 10.3. The fraction of sp³-hybridized carbons (Fsp3) is 0.400. The fourth-order valence-electron chi connectivity index (χ4n) is 2.73. The number of benzene rings is 1. The summed E-state index contributed by atoms with van der Waals surface area (Å²) in [6, 6.07) is 11.9. The number of hydrogen-bond donors (Lipinski definition) is 1. The normalized spacial score (nSPS) is 18.1. The number of hydrogen-bond acceptors (Lipinski definition) is 2. The molecule has 1 aliphatic carbocycles. The van der Waals surface area contributed by atoms with Gasteiger partial charge in [0.2, 0.25) is 0 Å². The van der Waals surface area contributed by atoms with Crippen LogP contribution in [0.3, 0.4) is 0 Å². The Morgan fingerprint density at radius 1 is 1.11 bits per heavy atom. The number of nitrogens with zero attached hydrogens (tertiary/aromatic N) is 2. The monoisotopic (exact) mass is 242 g/mol. The van der Waals surface area contributed by atoms with Gasteiger partial charge in [0.25, 0.3) is 0 Å². The summed E-state index contributed by atoms with van der Waals surface area (Å²) in [6.07, 6.45) is 6.24. The first kappa shape index (κ1) is 11.5. The van der Waals surface area contributed by atoms with Crippen molar-refractivity contribution in [2.45, 2.75) is 31.8 Å². The molecule has 0 bridgehead atoms. The lowest BCUT2D eigenvalue weighted by Gasteiger charge is -2.14. The van der Waals surface area contributed by atoms with Crippen LogP contribution in [0.2, 0.25) is 0 Å². The van der Waals surface area contributed by atoms with E-state index in [1.54, 1.807) is 0 Å². The molecule has 0 amide bonds. The van der Waals surface area contributed by atoms with Gasteiger partial charge in [0.1, 0.15) is 6.10 Å². The third kappa shape index (κ3) is 2.18. The molecule has 1 atom stereocenters. The highest BCUT2D eigenvalue weighted by Crippen LogP contribution is 2.34. The van der Waals surface area contributed by atoms with Crippen molar-refractivity contribution in [3.05, 3.63) is 48.3 Å². The molecule has 0 aliphatic heterocycles. The summed E-state index contributed by atoms with van der Waals surface area (Å²) in [4.78, 5) is 0. The number of aliphatic hydroxyl groups is 1. The first-order valence-corrected chi connectivity index (χ1v) is 6.63. The topological polar surface area (TPSA) is 38.0 Å². The van der Waals surface area contributed by atoms with Crippen LogP contribution in [0.5, 0.6) is 0 Å². The average Bonchev–Trinajstić information content (AvgIpc) is 3.10. The average molecular weight is 242 g/mol. The molecule has 1 fully saturated rings. The molecule has 0 spiro atoms. The molecule has 1 unspecified atom stereocenters. The summed E-state index contributed by atoms with van der Waals surface area (Å²) >= 11 is 0. The van der Waals surface area contributed by atoms with Crippen molar-refractivity contribution in [2.24, 2.45) is 5.92 Å².